The number of hydrogen-bond donors (Lipinski definition) is 0. The number of nitro groups is 1. The van der Waals surface area contributed by atoms with Crippen LogP contribution in [0.4, 0.5) is 15.2 Å². The number of hydrogen-bond acceptors (Lipinski definition) is 6. The van der Waals surface area contributed by atoms with Crippen LogP contribution in [0.5, 0.6) is 0 Å². The van der Waals surface area contributed by atoms with E-state index in [1.165, 1.54) is 35.6 Å². The molecular weight excluding hydrogens is 383 g/mol. The number of anilines is 1. The molecule has 0 bridgehead atoms. The molecule has 146 valence electrons. The summed E-state index contributed by atoms with van der Waals surface area (Å²) in [5, 5.41) is 11.5. The number of nitrogens with zero attached hydrogens (tertiary/aromatic N) is 4. The molecule has 2 aromatic carbocycles. The van der Waals surface area contributed by atoms with Crippen molar-refractivity contribution in [2.45, 2.75) is 6.42 Å². The van der Waals surface area contributed by atoms with Crippen LogP contribution < -0.4 is 4.90 Å². The largest absolute Gasteiger partial charge is 0.308 e. The Bertz CT molecular complexity index is 1000. The summed E-state index contributed by atoms with van der Waals surface area (Å²) in [5.41, 5.74) is 1.30. The fourth-order valence-corrected chi connectivity index (χ4v) is 3.67. The third-order valence-corrected chi connectivity index (χ3v) is 5.18. The van der Waals surface area contributed by atoms with Crippen LogP contribution in [-0.2, 0) is 11.2 Å². The molecule has 3 aromatic rings. The second-order valence-electron chi connectivity index (χ2n) is 6.56. The molecule has 0 aliphatic rings. The van der Waals surface area contributed by atoms with Crippen LogP contribution in [0.3, 0.4) is 0 Å². The van der Waals surface area contributed by atoms with Gasteiger partial charge >= 0.3 is 0 Å². The Labute approximate surface area is 165 Å². The monoisotopic (exact) mass is 402 g/mol. The molecular formula is C19H19FN4O3S. The molecule has 0 atom stereocenters. The van der Waals surface area contributed by atoms with Crippen LogP contribution in [0, 0.1) is 15.9 Å². The molecule has 0 fully saturated rings. The minimum absolute atomic E-state index is 0.0137. The highest BCUT2D eigenvalue weighted by Gasteiger charge is 2.21. The minimum Gasteiger partial charge on any atom is -0.308 e. The van der Waals surface area contributed by atoms with Crippen LogP contribution in [0.1, 0.15) is 5.56 Å². The van der Waals surface area contributed by atoms with E-state index in [1.807, 2.05) is 19.0 Å². The summed E-state index contributed by atoms with van der Waals surface area (Å²) in [6.45, 7) is 1.06. The second-order valence-corrected chi connectivity index (χ2v) is 7.57. The lowest BCUT2D eigenvalue weighted by molar-refractivity contribution is -0.384. The molecule has 0 spiro atoms. The molecule has 0 unspecified atom stereocenters. The summed E-state index contributed by atoms with van der Waals surface area (Å²) in [6, 6.07) is 10.3. The van der Waals surface area contributed by atoms with E-state index < -0.39 is 4.92 Å². The smallest absolute Gasteiger partial charge is 0.270 e. The van der Waals surface area contributed by atoms with Crippen molar-refractivity contribution >= 4 is 38.3 Å². The van der Waals surface area contributed by atoms with Gasteiger partial charge in [-0.15, -0.1) is 0 Å². The molecule has 9 heteroatoms. The lowest BCUT2D eigenvalue weighted by Gasteiger charge is -2.22. The standard InChI is InChI=1S/C19H19FN4O3S/c1-22(2)9-10-23(18(25)11-13-3-5-14(20)6-4-13)19-21-16-8-7-15(24(26)27)12-17(16)28-19/h3-8,12H,9-11H2,1-2H3. The number of fused-ring (bicyclic) bond motifs is 1. The number of non-ortho nitro benzene ring substituents is 1. The van der Waals surface area contributed by atoms with Crippen molar-refractivity contribution in [1.82, 2.24) is 9.88 Å². The highest BCUT2D eigenvalue weighted by atomic mass is 32.1. The number of nitro benzene ring substituents is 1. The Hall–Kier alpha value is -2.91. The van der Waals surface area contributed by atoms with Crippen molar-refractivity contribution in [3.63, 3.8) is 0 Å². The molecule has 28 heavy (non-hydrogen) atoms. The number of halogens is 1. The normalized spacial score (nSPS) is 11.1. The lowest BCUT2D eigenvalue weighted by atomic mass is 10.1. The van der Waals surface area contributed by atoms with Gasteiger partial charge in [0, 0.05) is 25.2 Å². The summed E-state index contributed by atoms with van der Waals surface area (Å²) >= 11 is 1.24. The number of likely N-dealkylation sites (N-methyl/N-ethyl adjacent to an activating group) is 1. The highest BCUT2D eigenvalue weighted by molar-refractivity contribution is 7.22. The fraction of sp³-hybridized carbons (Fsp3) is 0.263. The quantitative estimate of drug-likeness (QED) is 0.447. The average molecular weight is 402 g/mol. The summed E-state index contributed by atoms with van der Waals surface area (Å²) in [5.74, 6) is -0.518. The van der Waals surface area contributed by atoms with E-state index in [1.54, 1.807) is 23.1 Å². The van der Waals surface area contributed by atoms with Crippen LogP contribution >= 0.6 is 11.3 Å². The molecule has 1 amide bonds. The molecule has 3 rings (SSSR count). The van der Waals surface area contributed by atoms with Gasteiger partial charge in [-0.05, 0) is 37.9 Å². The van der Waals surface area contributed by atoms with E-state index >= 15 is 0 Å². The predicted octanol–water partition coefficient (Wildman–Crippen LogP) is 3.48. The van der Waals surface area contributed by atoms with E-state index in [4.69, 9.17) is 0 Å². The highest BCUT2D eigenvalue weighted by Crippen LogP contribution is 2.31. The average Bonchev–Trinajstić information content (AvgIpc) is 3.06. The molecule has 1 heterocycles. The molecule has 0 saturated carbocycles. The molecule has 0 aliphatic carbocycles. The summed E-state index contributed by atoms with van der Waals surface area (Å²) in [6.07, 6.45) is 0.115. The molecule has 7 nitrogen and oxygen atoms in total. The molecule has 0 saturated heterocycles. The van der Waals surface area contributed by atoms with Crippen molar-refractivity contribution in [1.29, 1.82) is 0 Å². The van der Waals surface area contributed by atoms with Gasteiger partial charge in [-0.2, -0.15) is 0 Å². The Morgan fingerprint density at radius 3 is 2.54 bits per heavy atom. The fourth-order valence-electron chi connectivity index (χ4n) is 2.63. The Morgan fingerprint density at radius 1 is 1.18 bits per heavy atom. The molecule has 0 N–H and O–H groups in total. The van der Waals surface area contributed by atoms with Crippen molar-refractivity contribution in [3.05, 3.63) is 64.0 Å². The van der Waals surface area contributed by atoms with Crippen LogP contribution in [0.15, 0.2) is 42.5 Å². The third kappa shape index (κ3) is 4.68. The van der Waals surface area contributed by atoms with E-state index in [-0.39, 0.29) is 23.8 Å². The Kier molecular flexibility index (Phi) is 5.96. The minimum atomic E-state index is -0.456. The maximum Gasteiger partial charge on any atom is 0.270 e. The van der Waals surface area contributed by atoms with Crippen molar-refractivity contribution in [2.75, 3.05) is 32.1 Å². The predicted molar refractivity (Wildman–Crippen MR) is 107 cm³/mol. The van der Waals surface area contributed by atoms with Crippen LogP contribution in [-0.4, -0.2) is 47.9 Å². The lowest BCUT2D eigenvalue weighted by Crippen LogP contribution is -2.37. The topological polar surface area (TPSA) is 79.6 Å². The summed E-state index contributed by atoms with van der Waals surface area (Å²) < 4.78 is 13.8. The van der Waals surface area contributed by atoms with Crippen molar-refractivity contribution in [2.24, 2.45) is 0 Å². The molecule has 0 radical (unpaired) electrons. The van der Waals surface area contributed by atoms with Gasteiger partial charge in [0.1, 0.15) is 5.82 Å². The third-order valence-electron chi connectivity index (χ3n) is 4.14. The molecule has 1 aromatic heterocycles. The Morgan fingerprint density at radius 2 is 1.89 bits per heavy atom. The van der Waals surface area contributed by atoms with E-state index in [2.05, 4.69) is 4.98 Å². The summed E-state index contributed by atoms with van der Waals surface area (Å²) in [7, 11) is 3.81. The van der Waals surface area contributed by atoms with E-state index in [0.717, 1.165) is 0 Å². The summed E-state index contributed by atoms with van der Waals surface area (Å²) in [4.78, 5) is 31.5. The number of aromatic nitrogens is 1. The van der Waals surface area contributed by atoms with Gasteiger partial charge in [-0.25, -0.2) is 9.37 Å². The van der Waals surface area contributed by atoms with Gasteiger partial charge in [0.05, 0.1) is 21.6 Å². The van der Waals surface area contributed by atoms with Crippen molar-refractivity contribution in [3.8, 4) is 0 Å². The zero-order chi connectivity index (χ0) is 20.3. The zero-order valence-electron chi connectivity index (χ0n) is 15.5. The van der Waals surface area contributed by atoms with E-state index in [0.29, 0.717) is 34.0 Å². The van der Waals surface area contributed by atoms with Gasteiger partial charge in [-0.3, -0.25) is 19.8 Å². The first kappa shape index (κ1) is 19.8. The number of amides is 1. The van der Waals surface area contributed by atoms with E-state index in [9.17, 15) is 19.3 Å². The number of thiazole rings is 1. The van der Waals surface area contributed by atoms with Gasteiger partial charge < -0.3 is 4.90 Å². The number of benzene rings is 2. The molecule has 0 aliphatic heterocycles. The van der Waals surface area contributed by atoms with Crippen molar-refractivity contribution < 1.29 is 14.1 Å². The first-order valence-electron chi connectivity index (χ1n) is 8.58. The van der Waals surface area contributed by atoms with Gasteiger partial charge in [-0.1, -0.05) is 23.5 Å². The number of carbonyl (C=O) groups is 1. The first-order chi connectivity index (χ1) is 13.3. The van der Waals surface area contributed by atoms with Crippen LogP contribution in [0.2, 0.25) is 0 Å². The van der Waals surface area contributed by atoms with Gasteiger partial charge in [0.25, 0.3) is 5.69 Å². The van der Waals surface area contributed by atoms with Gasteiger partial charge in [0.15, 0.2) is 5.13 Å². The maximum absolute atomic E-state index is 13.1. The zero-order valence-corrected chi connectivity index (χ0v) is 16.3. The maximum atomic E-state index is 13.1. The van der Waals surface area contributed by atoms with Crippen LogP contribution in [0.25, 0.3) is 10.2 Å². The SMILES string of the molecule is CN(C)CCN(C(=O)Cc1ccc(F)cc1)c1nc2ccc([N+](=O)[O-])cc2s1. The first-order valence-corrected chi connectivity index (χ1v) is 9.39. The Balaban J connectivity index is 1.90. The number of carbonyl (C=O) groups excluding carboxylic acids is 1. The second kappa shape index (κ2) is 8.41. The number of rotatable bonds is 7. The van der Waals surface area contributed by atoms with Gasteiger partial charge in [0.2, 0.25) is 5.91 Å².